The van der Waals surface area contributed by atoms with E-state index in [1.165, 1.54) is 4.90 Å². The summed E-state index contributed by atoms with van der Waals surface area (Å²) in [4.78, 5) is 42.9. The molecule has 2 aliphatic rings. The number of hydrogen-bond acceptors (Lipinski definition) is 5. The van der Waals surface area contributed by atoms with Gasteiger partial charge in [-0.25, -0.2) is 9.59 Å². The van der Waals surface area contributed by atoms with Crippen LogP contribution in [0, 0.1) is 0 Å². The molecule has 0 atom stereocenters. The van der Waals surface area contributed by atoms with E-state index in [0.717, 1.165) is 28.1 Å². The first-order valence-electron chi connectivity index (χ1n) is 12.2. The molecule has 1 fully saturated rings. The lowest BCUT2D eigenvalue weighted by Crippen LogP contribution is -2.52. The number of anilines is 1. The summed E-state index contributed by atoms with van der Waals surface area (Å²) < 4.78 is 10.7. The molecule has 0 aromatic heterocycles. The van der Waals surface area contributed by atoms with Gasteiger partial charge >= 0.3 is 12.1 Å². The highest BCUT2D eigenvalue weighted by Crippen LogP contribution is 2.29. The Labute approximate surface area is 212 Å². The topological polar surface area (TPSA) is 79.4 Å². The Balaban J connectivity index is 1.46. The molecule has 0 spiro atoms. The second-order valence-electron chi connectivity index (χ2n) is 9.97. The Bertz CT molecular complexity index is 1170. The van der Waals surface area contributed by atoms with Crippen LogP contribution in [0.15, 0.2) is 54.6 Å². The maximum Gasteiger partial charge on any atom is 0.410 e. The van der Waals surface area contributed by atoms with Crippen LogP contribution in [0.1, 0.15) is 44.7 Å². The number of methoxy groups -OCH3 is 1. The van der Waals surface area contributed by atoms with E-state index in [2.05, 4.69) is 0 Å². The van der Waals surface area contributed by atoms with Gasteiger partial charge in [0.15, 0.2) is 0 Å². The number of amides is 4. The highest BCUT2D eigenvalue weighted by atomic mass is 16.6. The lowest BCUT2D eigenvalue weighted by molar-refractivity contribution is -0.129. The van der Waals surface area contributed by atoms with Crippen LogP contribution in [-0.4, -0.2) is 60.2 Å². The third kappa shape index (κ3) is 5.87. The third-order valence-corrected chi connectivity index (χ3v) is 6.20. The number of benzene rings is 2. The normalized spacial score (nSPS) is 16.7. The van der Waals surface area contributed by atoms with Crippen molar-refractivity contribution in [1.82, 2.24) is 9.80 Å². The summed E-state index contributed by atoms with van der Waals surface area (Å²) in [6.45, 7) is 7.16. The van der Waals surface area contributed by atoms with Gasteiger partial charge in [0.05, 0.1) is 13.7 Å². The molecule has 8 heteroatoms. The minimum atomic E-state index is -0.529. The van der Waals surface area contributed by atoms with E-state index in [4.69, 9.17) is 9.47 Å². The van der Waals surface area contributed by atoms with Gasteiger partial charge in [-0.3, -0.25) is 14.6 Å². The summed E-state index contributed by atoms with van der Waals surface area (Å²) in [5.41, 5.74) is 3.20. The zero-order chi connectivity index (χ0) is 25.9. The van der Waals surface area contributed by atoms with Crippen LogP contribution in [0.5, 0.6) is 5.75 Å². The monoisotopic (exact) mass is 491 g/mol. The van der Waals surface area contributed by atoms with Gasteiger partial charge in [0, 0.05) is 31.7 Å². The van der Waals surface area contributed by atoms with E-state index in [-0.39, 0.29) is 31.0 Å². The minimum Gasteiger partial charge on any atom is -0.497 e. The van der Waals surface area contributed by atoms with Gasteiger partial charge in [0.25, 0.3) is 0 Å². The Morgan fingerprint density at radius 1 is 1.00 bits per heavy atom. The van der Waals surface area contributed by atoms with Crippen LogP contribution in [0.25, 0.3) is 5.57 Å². The van der Waals surface area contributed by atoms with Crippen LogP contribution in [0.2, 0.25) is 0 Å². The van der Waals surface area contributed by atoms with Crippen LogP contribution in [0.3, 0.4) is 0 Å². The average Bonchev–Trinajstić information content (AvgIpc) is 2.86. The molecular weight excluding hydrogens is 458 g/mol. The molecule has 0 saturated carbocycles. The summed E-state index contributed by atoms with van der Waals surface area (Å²) in [6.07, 6.45) is 2.68. The van der Waals surface area contributed by atoms with Crippen molar-refractivity contribution < 1.29 is 23.9 Å². The highest BCUT2D eigenvalue weighted by Gasteiger charge is 2.33. The first kappa shape index (κ1) is 25.3. The fourth-order valence-corrected chi connectivity index (χ4v) is 4.30. The van der Waals surface area contributed by atoms with E-state index in [1.54, 1.807) is 16.9 Å². The number of hydrogen-bond donors (Lipinski definition) is 0. The van der Waals surface area contributed by atoms with Crippen molar-refractivity contribution in [3.05, 3.63) is 65.7 Å². The van der Waals surface area contributed by atoms with Crippen molar-refractivity contribution in [2.45, 2.75) is 45.8 Å². The SMILES string of the molecule is COc1ccc(CN2C(=O)CCN(c3cccc(C4=CCN(C(=O)OC(C)(C)C)CC4)c3)C2=O)cc1. The molecule has 190 valence electrons. The lowest BCUT2D eigenvalue weighted by atomic mass is 9.99. The van der Waals surface area contributed by atoms with Gasteiger partial charge in [-0.1, -0.05) is 30.3 Å². The molecule has 4 amide bonds. The standard InChI is InChI=1S/C28H33N3O5/c1-28(2,3)36-27(34)29-15-12-21(13-16-29)22-6-5-7-23(18-22)30-17-14-25(32)31(26(30)33)19-20-8-10-24(35-4)11-9-20/h5-12,18H,13-17,19H2,1-4H3. The molecule has 4 rings (SSSR count). The summed E-state index contributed by atoms with van der Waals surface area (Å²) >= 11 is 0. The van der Waals surface area contributed by atoms with E-state index in [0.29, 0.717) is 26.1 Å². The Kier molecular flexibility index (Phi) is 7.33. The predicted molar refractivity (Wildman–Crippen MR) is 138 cm³/mol. The molecule has 0 aliphatic carbocycles. The first-order chi connectivity index (χ1) is 17.1. The third-order valence-electron chi connectivity index (χ3n) is 6.20. The molecule has 2 heterocycles. The smallest absolute Gasteiger partial charge is 0.410 e. The number of ether oxygens (including phenoxy) is 2. The van der Waals surface area contributed by atoms with Crippen molar-refractivity contribution >= 4 is 29.3 Å². The van der Waals surface area contributed by atoms with Crippen molar-refractivity contribution in [1.29, 1.82) is 0 Å². The average molecular weight is 492 g/mol. The number of imide groups is 1. The van der Waals surface area contributed by atoms with Crippen molar-refractivity contribution in [2.75, 3.05) is 31.6 Å². The van der Waals surface area contributed by atoms with E-state index in [1.807, 2.05) is 75.4 Å². The maximum atomic E-state index is 13.3. The molecule has 2 aromatic rings. The number of carbonyl (C=O) groups excluding carboxylic acids is 3. The zero-order valence-electron chi connectivity index (χ0n) is 21.3. The fourth-order valence-electron chi connectivity index (χ4n) is 4.30. The molecule has 0 radical (unpaired) electrons. The largest absolute Gasteiger partial charge is 0.497 e. The van der Waals surface area contributed by atoms with E-state index < -0.39 is 5.60 Å². The molecule has 0 unspecified atom stereocenters. The molecule has 2 aromatic carbocycles. The van der Waals surface area contributed by atoms with Gasteiger partial charge in [-0.2, -0.15) is 0 Å². The van der Waals surface area contributed by atoms with Gasteiger partial charge in [-0.05, 0) is 68.2 Å². The molecule has 1 saturated heterocycles. The summed E-state index contributed by atoms with van der Waals surface area (Å²) in [5, 5.41) is 0. The Morgan fingerprint density at radius 2 is 1.75 bits per heavy atom. The van der Waals surface area contributed by atoms with Crippen LogP contribution >= 0.6 is 0 Å². The Morgan fingerprint density at radius 3 is 2.39 bits per heavy atom. The first-order valence-corrected chi connectivity index (χ1v) is 12.2. The van der Waals surface area contributed by atoms with E-state index >= 15 is 0 Å². The molecule has 36 heavy (non-hydrogen) atoms. The molecule has 2 aliphatic heterocycles. The molecule has 0 N–H and O–H groups in total. The maximum absolute atomic E-state index is 13.3. The fraction of sp³-hybridized carbons (Fsp3) is 0.393. The minimum absolute atomic E-state index is 0.180. The van der Waals surface area contributed by atoms with Crippen molar-refractivity contribution in [3.8, 4) is 5.75 Å². The van der Waals surface area contributed by atoms with E-state index in [9.17, 15) is 14.4 Å². The number of urea groups is 1. The van der Waals surface area contributed by atoms with Crippen molar-refractivity contribution in [2.24, 2.45) is 0 Å². The number of nitrogens with zero attached hydrogens (tertiary/aromatic N) is 3. The van der Waals surface area contributed by atoms with Gasteiger partial charge in [0.2, 0.25) is 5.91 Å². The van der Waals surface area contributed by atoms with Crippen molar-refractivity contribution in [3.63, 3.8) is 0 Å². The van der Waals surface area contributed by atoms with Gasteiger partial charge in [0.1, 0.15) is 11.4 Å². The zero-order valence-corrected chi connectivity index (χ0v) is 21.3. The number of carbonyl (C=O) groups is 3. The quantitative estimate of drug-likeness (QED) is 0.583. The Hall–Kier alpha value is -3.81. The van der Waals surface area contributed by atoms with Crippen LogP contribution in [-0.2, 0) is 16.1 Å². The predicted octanol–water partition coefficient (Wildman–Crippen LogP) is 5.08. The van der Waals surface area contributed by atoms with Gasteiger partial charge in [-0.15, -0.1) is 0 Å². The summed E-state index contributed by atoms with van der Waals surface area (Å²) in [5.74, 6) is 0.542. The molecule has 8 nitrogen and oxygen atoms in total. The number of rotatable bonds is 5. The highest BCUT2D eigenvalue weighted by molar-refractivity contribution is 6.05. The molecule has 0 bridgehead atoms. The summed E-state index contributed by atoms with van der Waals surface area (Å²) in [6, 6.07) is 14.8. The van der Waals surface area contributed by atoms with Crippen LogP contribution in [0.4, 0.5) is 15.3 Å². The summed E-state index contributed by atoms with van der Waals surface area (Å²) in [7, 11) is 1.60. The molecular formula is C28H33N3O5. The second kappa shape index (κ2) is 10.4. The second-order valence-corrected chi connectivity index (χ2v) is 9.97. The lowest BCUT2D eigenvalue weighted by Gasteiger charge is -2.34. The van der Waals surface area contributed by atoms with Crippen LogP contribution < -0.4 is 9.64 Å². The van der Waals surface area contributed by atoms with Gasteiger partial charge < -0.3 is 14.4 Å².